The maximum absolute atomic E-state index is 8.79. The summed E-state index contributed by atoms with van der Waals surface area (Å²) in [5.74, 6) is 0. The first-order valence-corrected chi connectivity index (χ1v) is 6.31. The molecule has 0 aliphatic heterocycles. The van der Waals surface area contributed by atoms with Crippen molar-refractivity contribution in [2.45, 2.75) is 25.8 Å². The molecular formula is C14H17ClN2. The molecule has 3 heteroatoms. The molecule has 2 rings (SSSR count). The quantitative estimate of drug-likeness (QED) is 0.798. The predicted octanol–water partition coefficient (Wildman–Crippen LogP) is 3.47. The van der Waals surface area contributed by atoms with Gasteiger partial charge in [0.2, 0.25) is 0 Å². The van der Waals surface area contributed by atoms with Crippen molar-refractivity contribution in [3.05, 3.63) is 34.9 Å². The lowest BCUT2D eigenvalue weighted by atomic mass is 10.0. The summed E-state index contributed by atoms with van der Waals surface area (Å²) in [4.78, 5) is 2.30. The molecule has 1 aliphatic rings. The number of hydrogen-bond donors (Lipinski definition) is 0. The molecule has 0 atom stereocenters. The van der Waals surface area contributed by atoms with E-state index in [2.05, 4.69) is 30.1 Å². The topological polar surface area (TPSA) is 27.0 Å². The van der Waals surface area contributed by atoms with Gasteiger partial charge >= 0.3 is 0 Å². The highest BCUT2D eigenvalue weighted by atomic mass is 35.5. The maximum Gasteiger partial charge on any atom is 0.0628 e. The van der Waals surface area contributed by atoms with Gasteiger partial charge in [-0.1, -0.05) is 23.7 Å². The number of benzene rings is 1. The van der Waals surface area contributed by atoms with Crippen molar-refractivity contribution in [2.24, 2.45) is 5.41 Å². The standard InChI is InChI=1S/C14H17ClN2/c1-17(11-14(6-7-14)8-9-16)10-12-2-4-13(15)5-3-12/h2-5H,6-8,10-11H2,1H3. The zero-order valence-corrected chi connectivity index (χ0v) is 10.9. The molecule has 90 valence electrons. The van der Waals surface area contributed by atoms with E-state index in [-0.39, 0.29) is 5.41 Å². The van der Waals surface area contributed by atoms with Crippen LogP contribution in [-0.4, -0.2) is 18.5 Å². The summed E-state index contributed by atoms with van der Waals surface area (Å²) in [5, 5.41) is 9.57. The fourth-order valence-corrected chi connectivity index (χ4v) is 2.39. The molecular weight excluding hydrogens is 232 g/mol. The molecule has 0 radical (unpaired) electrons. The average Bonchev–Trinajstić information content (AvgIpc) is 3.02. The van der Waals surface area contributed by atoms with Crippen molar-refractivity contribution in [1.29, 1.82) is 5.26 Å². The van der Waals surface area contributed by atoms with Crippen LogP contribution < -0.4 is 0 Å². The van der Waals surface area contributed by atoms with Crippen molar-refractivity contribution in [3.8, 4) is 6.07 Å². The summed E-state index contributed by atoms with van der Waals surface area (Å²) >= 11 is 5.86. The highest BCUT2D eigenvalue weighted by molar-refractivity contribution is 6.30. The van der Waals surface area contributed by atoms with Crippen molar-refractivity contribution in [2.75, 3.05) is 13.6 Å². The van der Waals surface area contributed by atoms with Crippen LogP contribution in [0.15, 0.2) is 24.3 Å². The third kappa shape index (κ3) is 3.46. The Bertz CT molecular complexity index is 415. The Morgan fingerprint density at radius 3 is 2.53 bits per heavy atom. The zero-order chi connectivity index (χ0) is 12.3. The minimum Gasteiger partial charge on any atom is -0.302 e. The number of halogens is 1. The van der Waals surface area contributed by atoms with Gasteiger partial charge in [-0.15, -0.1) is 0 Å². The molecule has 1 aliphatic carbocycles. The molecule has 1 saturated carbocycles. The molecule has 1 fully saturated rings. The van der Waals surface area contributed by atoms with E-state index in [1.807, 2.05) is 12.1 Å². The van der Waals surface area contributed by atoms with Gasteiger partial charge in [-0.25, -0.2) is 0 Å². The molecule has 0 aromatic heterocycles. The van der Waals surface area contributed by atoms with Crippen LogP contribution in [0, 0.1) is 16.7 Å². The van der Waals surface area contributed by atoms with Crippen LogP contribution >= 0.6 is 11.6 Å². The molecule has 0 bridgehead atoms. The van der Waals surface area contributed by atoms with E-state index in [0.717, 1.165) is 18.1 Å². The first kappa shape index (κ1) is 12.4. The molecule has 2 nitrogen and oxygen atoms in total. The zero-order valence-electron chi connectivity index (χ0n) is 10.1. The van der Waals surface area contributed by atoms with Crippen molar-refractivity contribution >= 4 is 11.6 Å². The fraction of sp³-hybridized carbons (Fsp3) is 0.500. The Labute approximate surface area is 108 Å². The SMILES string of the molecule is CN(Cc1ccc(Cl)cc1)CC1(CC#N)CC1. The van der Waals surface area contributed by atoms with Crippen molar-refractivity contribution in [1.82, 2.24) is 4.90 Å². The van der Waals surface area contributed by atoms with Crippen LogP contribution in [-0.2, 0) is 6.54 Å². The molecule has 0 N–H and O–H groups in total. The second-order valence-corrected chi connectivity index (χ2v) is 5.57. The Kier molecular flexibility index (Phi) is 3.71. The minimum absolute atomic E-state index is 0.288. The molecule has 17 heavy (non-hydrogen) atoms. The maximum atomic E-state index is 8.79. The van der Waals surface area contributed by atoms with Crippen LogP contribution in [0.5, 0.6) is 0 Å². The van der Waals surface area contributed by atoms with E-state index in [9.17, 15) is 0 Å². The van der Waals surface area contributed by atoms with E-state index < -0.39 is 0 Å². The highest BCUT2D eigenvalue weighted by Crippen LogP contribution is 2.49. The number of hydrogen-bond acceptors (Lipinski definition) is 2. The second-order valence-electron chi connectivity index (χ2n) is 5.13. The van der Waals surface area contributed by atoms with Gasteiger partial charge in [0.25, 0.3) is 0 Å². The van der Waals surface area contributed by atoms with Gasteiger partial charge in [0.15, 0.2) is 0 Å². The van der Waals surface area contributed by atoms with E-state index in [1.165, 1.54) is 18.4 Å². The first-order valence-electron chi connectivity index (χ1n) is 5.93. The normalized spacial score (nSPS) is 16.8. The minimum atomic E-state index is 0.288. The fourth-order valence-electron chi connectivity index (χ4n) is 2.27. The van der Waals surface area contributed by atoms with E-state index in [0.29, 0.717) is 6.42 Å². The van der Waals surface area contributed by atoms with Gasteiger partial charge in [-0.2, -0.15) is 5.26 Å². The van der Waals surface area contributed by atoms with Gasteiger partial charge in [0.05, 0.1) is 6.07 Å². The van der Waals surface area contributed by atoms with Crippen LogP contribution in [0.2, 0.25) is 5.02 Å². The van der Waals surface area contributed by atoms with Crippen LogP contribution in [0.4, 0.5) is 0 Å². The van der Waals surface area contributed by atoms with Crippen molar-refractivity contribution < 1.29 is 0 Å². The first-order chi connectivity index (χ1) is 8.13. The number of nitrogens with zero attached hydrogens (tertiary/aromatic N) is 2. The van der Waals surface area contributed by atoms with Gasteiger partial charge < -0.3 is 4.90 Å². The summed E-state index contributed by atoms with van der Waals surface area (Å²) in [7, 11) is 2.12. The number of nitriles is 1. The van der Waals surface area contributed by atoms with Crippen LogP contribution in [0.3, 0.4) is 0 Å². The lowest BCUT2D eigenvalue weighted by Crippen LogP contribution is -2.26. The Hall–Kier alpha value is -1.04. The summed E-state index contributed by atoms with van der Waals surface area (Å²) in [6.45, 7) is 1.94. The molecule has 1 aromatic rings. The summed E-state index contributed by atoms with van der Waals surface area (Å²) < 4.78 is 0. The van der Waals surface area contributed by atoms with E-state index in [4.69, 9.17) is 16.9 Å². The smallest absolute Gasteiger partial charge is 0.0628 e. The summed E-state index contributed by atoms with van der Waals surface area (Å²) in [6.07, 6.45) is 3.09. The van der Waals surface area contributed by atoms with Crippen molar-refractivity contribution in [3.63, 3.8) is 0 Å². The Morgan fingerprint density at radius 1 is 1.35 bits per heavy atom. The molecule has 0 saturated heterocycles. The third-order valence-corrected chi connectivity index (χ3v) is 3.63. The summed E-state index contributed by atoms with van der Waals surface area (Å²) in [5.41, 5.74) is 1.56. The largest absolute Gasteiger partial charge is 0.302 e. The number of rotatable bonds is 5. The van der Waals surface area contributed by atoms with Gasteiger partial charge in [0, 0.05) is 24.5 Å². The Morgan fingerprint density at radius 2 is 2.00 bits per heavy atom. The van der Waals surface area contributed by atoms with Crippen LogP contribution in [0.1, 0.15) is 24.8 Å². The molecule has 0 amide bonds. The van der Waals surface area contributed by atoms with E-state index in [1.54, 1.807) is 0 Å². The van der Waals surface area contributed by atoms with Gasteiger partial charge in [0.1, 0.15) is 0 Å². The molecule has 0 heterocycles. The molecule has 1 aromatic carbocycles. The third-order valence-electron chi connectivity index (χ3n) is 3.38. The molecule has 0 unspecified atom stereocenters. The molecule has 0 spiro atoms. The predicted molar refractivity (Wildman–Crippen MR) is 69.7 cm³/mol. The summed E-state index contributed by atoms with van der Waals surface area (Å²) in [6, 6.07) is 10.3. The van der Waals surface area contributed by atoms with Gasteiger partial charge in [-0.3, -0.25) is 0 Å². The lowest BCUT2D eigenvalue weighted by Gasteiger charge is -2.22. The second kappa shape index (κ2) is 5.08. The monoisotopic (exact) mass is 248 g/mol. The van der Waals surface area contributed by atoms with Crippen LogP contribution in [0.25, 0.3) is 0 Å². The Balaban J connectivity index is 1.87. The van der Waals surface area contributed by atoms with E-state index >= 15 is 0 Å². The lowest BCUT2D eigenvalue weighted by molar-refractivity contribution is 0.257. The van der Waals surface area contributed by atoms with Gasteiger partial charge in [-0.05, 0) is 43.0 Å². The highest BCUT2D eigenvalue weighted by Gasteiger charge is 2.42. The average molecular weight is 249 g/mol.